The second kappa shape index (κ2) is 5.40. The van der Waals surface area contributed by atoms with Crippen molar-refractivity contribution < 1.29 is 17.9 Å². The van der Waals surface area contributed by atoms with Crippen LogP contribution in [0.2, 0.25) is 0 Å². The zero-order valence-electron chi connectivity index (χ0n) is 10.5. The third-order valence-corrected chi connectivity index (χ3v) is 2.42. The lowest BCUT2D eigenvalue weighted by Crippen LogP contribution is -2.25. The molecule has 4 nitrogen and oxygen atoms in total. The largest absolute Gasteiger partial charge is 0.411 e. The molecule has 0 aliphatic heterocycles. The summed E-state index contributed by atoms with van der Waals surface area (Å²) in [5, 5.41) is 6.64. The molecular weight excluding hydrogens is 267 g/mol. The van der Waals surface area contributed by atoms with Gasteiger partial charge in [0.15, 0.2) is 4.77 Å². The van der Waals surface area contributed by atoms with Crippen molar-refractivity contribution in [3.05, 3.63) is 10.6 Å². The van der Waals surface area contributed by atoms with E-state index in [2.05, 4.69) is 14.9 Å². The highest BCUT2D eigenvalue weighted by Gasteiger charge is 2.27. The highest BCUT2D eigenvalue weighted by molar-refractivity contribution is 7.71. The Labute approximate surface area is 108 Å². The van der Waals surface area contributed by atoms with Crippen LogP contribution in [-0.2, 0) is 16.7 Å². The summed E-state index contributed by atoms with van der Waals surface area (Å²) in [6.45, 7) is 4.54. The molecule has 1 N–H and O–H groups in total. The van der Waals surface area contributed by atoms with Crippen molar-refractivity contribution in [2.45, 2.75) is 38.9 Å². The summed E-state index contributed by atoms with van der Waals surface area (Å²) in [4.78, 5) is 0. The molecule has 0 atom stereocenters. The molecular formula is C10H16F3N3OS. The number of nitrogens with one attached hydrogen (secondary N) is 1. The number of ether oxygens (including phenoxy) is 1. The van der Waals surface area contributed by atoms with E-state index < -0.39 is 12.8 Å². The molecule has 104 valence electrons. The molecule has 0 saturated carbocycles. The molecule has 0 unspecified atom stereocenters. The van der Waals surface area contributed by atoms with Crippen molar-refractivity contribution in [3.8, 4) is 0 Å². The molecule has 0 fully saturated rings. The number of halogens is 3. The van der Waals surface area contributed by atoms with E-state index in [1.807, 2.05) is 20.8 Å². The third-order valence-electron chi connectivity index (χ3n) is 2.15. The van der Waals surface area contributed by atoms with E-state index in [1.165, 1.54) is 0 Å². The molecule has 1 aromatic rings. The predicted molar refractivity (Wildman–Crippen MR) is 63.0 cm³/mol. The van der Waals surface area contributed by atoms with E-state index in [0.717, 1.165) is 0 Å². The van der Waals surface area contributed by atoms with Gasteiger partial charge in [-0.25, -0.2) is 0 Å². The van der Waals surface area contributed by atoms with Crippen LogP contribution in [0, 0.1) is 4.77 Å². The maximum Gasteiger partial charge on any atom is 0.411 e. The first-order chi connectivity index (χ1) is 8.11. The summed E-state index contributed by atoms with van der Waals surface area (Å²) >= 11 is 5.08. The van der Waals surface area contributed by atoms with Gasteiger partial charge in [-0.15, -0.1) is 0 Å². The Morgan fingerprint density at radius 2 is 1.94 bits per heavy atom. The average Bonchev–Trinajstić information content (AvgIpc) is 2.52. The maximum atomic E-state index is 11.9. The molecule has 0 amide bonds. The summed E-state index contributed by atoms with van der Waals surface area (Å²) in [7, 11) is 0. The lowest BCUT2D eigenvalue weighted by molar-refractivity contribution is -0.173. The fourth-order valence-electron chi connectivity index (χ4n) is 1.54. The van der Waals surface area contributed by atoms with Gasteiger partial charge in [0, 0.05) is 12.0 Å². The normalized spacial score (nSPS) is 13.0. The molecule has 1 heterocycles. The molecule has 8 heteroatoms. The first kappa shape index (κ1) is 15.2. The van der Waals surface area contributed by atoms with E-state index >= 15 is 0 Å². The van der Waals surface area contributed by atoms with Crippen LogP contribution < -0.4 is 0 Å². The van der Waals surface area contributed by atoms with Gasteiger partial charge < -0.3 is 4.74 Å². The number of rotatable bonds is 4. The van der Waals surface area contributed by atoms with Crippen LogP contribution in [0.15, 0.2) is 0 Å². The van der Waals surface area contributed by atoms with Crippen molar-refractivity contribution in [2.75, 3.05) is 13.2 Å². The first-order valence-electron chi connectivity index (χ1n) is 5.42. The molecule has 0 radical (unpaired) electrons. The number of hydrogen-bond donors (Lipinski definition) is 1. The van der Waals surface area contributed by atoms with Gasteiger partial charge >= 0.3 is 6.18 Å². The van der Waals surface area contributed by atoms with Crippen molar-refractivity contribution in [3.63, 3.8) is 0 Å². The monoisotopic (exact) mass is 283 g/mol. The van der Waals surface area contributed by atoms with Gasteiger partial charge in [0.1, 0.15) is 12.4 Å². The van der Waals surface area contributed by atoms with Gasteiger partial charge in [0.2, 0.25) is 0 Å². The number of hydrogen-bond acceptors (Lipinski definition) is 3. The number of alkyl halides is 3. The Hall–Kier alpha value is -0.890. The minimum absolute atomic E-state index is 0.0464. The van der Waals surface area contributed by atoms with Crippen molar-refractivity contribution in [2.24, 2.45) is 0 Å². The highest BCUT2D eigenvalue weighted by Crippen LogP contribution is 2.17. The average molecular weight is 283 g/mol. The van der Waals surface area contributed by atoms with E-state index in [9.17, 15) is 13.2 Å². The van der Waals surface area contributed by atoms with E-state index in [-0.39, 0.29) is 18.6 Å². The minimum atomic E-state index is -4.30. The SMILES string of the molecule is CC(C)(C)n1c(CCOCC(F)(F)F)n[nH]c1=S. The second-order valence-electron chi connectivity index (χ2n) is 4.87. The van der Waals surface area contributed by atoms with Gasteiger partial charge in [-0.2, -0.15) is 18.3 Å². The highest BCUT2D eigenvalue weighted by atomic mass is 32.1. The molecule has 0 aliphatic carbocycles. The number of aromatic nitrogens is 3. The predicted octanol–water partition coefficient (Wildman–Crippen LogP) is 2.82. The first-order valence-corrected chi connectivity index (χ1v) is 5.83. The van der Waals surface area contributed by atoms with Crippen molar-refractivity contribution >= 4 is 12.2 Å². The van der Waals surface area contributed by atoms with Crippen LogP contribution in [0.1, 0.15) is 26.6 Å². The zero-order valence-corrected chi connectivity index (χ0v) is 11.3. The van der Waals surface area contributed by atoms with Crippen molar-refractivity contribution in [1.82, 2.24) is 14.8 Å². The summed E-state index contributed by atoms with van der Waals surface area (Å²) in [6.07, 6.45) is -4.02. The summed E-state index contributed by atoms with van der Waals surface area (Å²) in [6, 6.07) is 0. The van der Waals surface area contributed by atoms with Crippen LogP contribution in [0.25, 0.3) is 0 Å². The lowest BCUT2D eigenvalue weighted by atomic mass is 10.1. The molecule has 0 aliphatic rings. The van der Waals surface area contributed by atoms with Crippen LogP contribution in [0.5, 0.6) is 0 Å². The fraction of sp³-hybridized carbons (Fsp3) is 0.800. The summed E-state index contributed by atoms with van der Waals surface area (Å²) in [5.74, 6) is 0.592. The minimum Gasteiger partial charge on any atom is -0.372 e. The Morgan fingerprint density at radius 3 is 2.44 bits per heavy atom. The van der Waals surface area contributed by atoms with Crippen LogP contribution in [-0.4, -0.2) is 34.2 Å². The van der Waals surface area contributed by atoms with Gasteiger partial charge in [-0.3, -0.25) is 9.67 Å². The molecule has 18 heavy (non-hydrogen) atoms. The number of H-pyrrole nitrogens is 1. The summed E-state index contributed by atoms with van der Waals surface area (Å²) in [5.41, 5.74) is -0.274. The Bertz CT molecular complexity index is 444. The summed E-state index contributed by atoms with van der Waals surface area (Å²) < 4.78 is 42.4. The van der Waals surface area contributed by atoms with Crippen molar-refractivity contribution in [1.29, 1.82) is 0 Å². The molecule has 0 saturated heterocycles. The van der Waals surface area contributed by atoms with Gasteiger partial charge in [-0.1, -0.05) is 0 Å². The smallest absolute Gasteiger partial charge is 0.372 e. The fourth-order valence-corrected chi connectivity index (χ4v) is 1.97. The standard InChI is InChI=1S/C10H16F3N3OS/c1-9(2,3)16-7(14-15-8(16)18)4-5-17-6-10(11,12)13/h4-6H2,1-3H3,(H,15,18). The zero-order chi connectivity index (χ0) is 14.0. The third kappa shape index (κ3) is 4.41. The molecule has 1 rings (SSSR count). The quantitative estimate of drug-likeness (QED) is 0.682. The number of aromatic amines is 1. The Balaban J connectivity index is 2.62. The van der Waals surface area contributed by atoms with Crippen LogP contribution in [0.4, 0.5) is 13.2 Å². The molecule has 1 aromatic heterocycles. The van der Waals surface area contributed by atoms with Crippen LogP contribution >= 0.6 is 12.2 Å². The second-order valence-corrected chi connectivity index (χ2v) is 5.26. The molecule has 0 bridgehead atoms. The van der Waals surface area contributed by atoms with Gasteiger partial charge in [-0.05, 0) is 33.0 Å². The Kier molecular flexibility index (Phi) is 4.55. The Morgan fingerprint density at radius 1 is 1.33 bits per heavy atom. The van der Waals surface area contributed by atoms with Crippen LogP contribution in [0.3, 0.4) is 0 Å². The topological polar surface area (TPSA) is 42.8 Å². The molecule has 0 spiro atoms. The van der Waals surface area contributed by atoms with E-state index in [4.69, 9.17) is 12.2 Å². The van der Waals surface area contributed by atoms with Gasteiger partial charge in [0.05, 0.1) is 6.61 Å². The molecule has 0 aromatic carbocycles. The van der Waals surface area contributed by atoms with E-state index in [1.54, 1.807) is 4.57 Å². The van der Waals surface area contributed by atoms with E-state index in [0.29, 0.717) is 10.6 Å². The van der Waals surface area contributed by atoms with Gasteiger partial charge in [0.25, 0.3) is 0 Å². The number of nitrogens with zero attached hydrogens (tertiary/aromatic N) is 2. The lowest BCUT2D eigenvalue weighted by Gasteiger charge is -2.22. The maximum absolute atomic E-state index is 11.9.